The molecule has 0 saturated heterocycles. The maximum absolute atomic E-state index is 12.4. The summed E-state index contributed by atoms with van der Waals surface area (Å²) in [6.07, 6.45) is 61.1. The smallest absolute Gasteiger partial charge is 0.305 e. The third kappa shape index (κ3) is 45.3. The van der Waals surface area contributed by atoms with Crippen molar-refractivity contribution < 1.29 is 24.5 Å². The normalized spacial score (nSPS) is 13.1. The van der Waals surface area contributed by atoms with Crippen LogP contribution in [0.2, 0.25) is 0 Å². The van der Waals surface area contributed by atoms with Crippen molar-refractivity contribution in [2.75, 3.05) is 13.2 Å². The van der Waals surface area contributed by atoms with Crippen LogP contribution in [0.25, 0.3) is 0 Å². The van der Waals surface area contributed by atoms with Crippen LogP contribution in [0.4, 0.5) is 0 Å². The van der Waals surface area contributed by atoms with Gasteiger partial charge in [0.05, 0.1) is 25.4 Å². The zero-order chi connectivity index (χ0) is 43.7. The summed E-state index contributed by atoms with van der Waals surface area (Å²) in [4.78, 5) is 24.4. The highest BCUT2D eigenvalue weighted by atomic mass is 16.5. The van der Waals surface area contributed by atoms with Crippen LogP contribution in [-0.2, 0) is 14.3 Å². The Morgan fingerprint density at radius 2 is 0.833 bits per heavy atom. The largest absolute Gasteiger partial charge is 0.466 e. The van der Waals surface area contributed by atoms with Gasteiger partial charge in [-0.1, -0.05) is 197 Å². The van der Waals surface area contributed by atoms with Crippen LogP contribution in [0, 0.1) is 0 Å². The maximum atomic E-state index is 12.4. The number of allylic oxidation sites excluding steroid dienone is 7. The van der Waals surface area contributed by atoms with Gasteiger partial charge < -0.3 is 20.3 Å². The summed E-state index contributed by atoms with van der Waals surface area (Å²) in [6.45, 7) is 4.82. The predicted molar refractivity (Wildman–Crippen MR) is 259 cm³/mol. The number of aliphatic hydroxyl groups excluding tert-OH is 2. The monoisotopic (exact) mass is 842 g/mol. The lowest BCUT2D eigenvalue weighted by molar-refractivity contribution is -0.143. The Bertz CT molecular complexity index is 1020. The number of ether oxygens (including phenoxy) is 1. The average Bonchev–Trinajstić information content (AvgIpc) is 3.25. The Balaban J connectivity index is 3.53. The van der Waals surface area contributed by atoms with E-state index in [0.29, 0.717) is 19.4 Å². The van der Waals surface area contributed by atoms with Crippen LogP contribution in [0.5, 0.6) is 0 Å². The first kappa shape index (κ1) is 57.8. The molecular weight excluding hydrogens is 743 g/mol. The van der Waals surface area contributed by atoms with Crippen LogP contribution in [0.3, 0.4) is 0 Å². The van der Waals surface area contributed by atoms with E-state index < -0.39 is 12.1 Å². The second-order valence-corrected chi connectivity index (χ2v) is 17.5. The fourth-order valence-electron chi connectivity index (χ4n) is 7.54. The third-order valence-electron chi connectivity index (χ3n) is 11.6. The van der Waals surface area contributed by atoms with E-state index in [4.69, 9.17) is 4.74 Å². The number of aliphatic hydroxyl groups is 2. The van der Waals surface area contributed by atoms with Crippen LogP contribution in [0.1, 0.15) is 258 Å². The number of hydrogen-bond donors (Lipinski definition) is 3. The van der Waals surface area contributed by atoms with Crippen LogP contribution < -0.4 is 5.32 Å². The van der Waals surface area contributed by atoms with E-state index in [-0.39, 0.29) is 18.5 Å². The molecule has 2 unspecified atom stereocenters. The van der Waals surface area contributed by atoms with Gasteiger partial charge >= 0.3 is 5.97 Å². The van der Waals surface area contributed by atoms with Gasteiger partial charge in [-0.05, 0) is 96.3 Å². The molecule has 350 valence electrons. The third-order valence-corrected chi connectivity index (χ3v) is 11.6. The van der Waals surface area contributed by atoms with Gasteiger partial charge in [0.15, 0.2) is 0 Å². The van der Waals surface area contributed by atoms with E-state index in [0.717, 1.165) is 83.5 Å². The number of hydrogen-bond acceptors (Lipinski definition) is 5. The molecule has 1 amide bonds. The van der Waals surface area contributed by atoms with E-state index >= 15 is 0 Å². The molecule has 60 heavy (non-hydrogen) atoms. The summed E-state index contributed by atoms with van der Waals surface area (Å²) in [7, 11) is 0. The van der Waals surface area contributed by atoms with Crippen molar-refractivity contribution in [1.29, 1.82) is 0 Å². The average molecular weight is 842 g/mol. The number of rotatable bonds is 47. The molecule has 0 heterocycles. The summed E-state index contributed by atoms with van der Waals surface area (Å²) < 4.78 is 5.44. The van der Waals surface area contributed by atoms with Gasteiger partial charge in [0.1, 0.15) is 0 Å². The zero-order valence-electron chi connectivity index (χ0n) is 39.7. The summed E-state index contributed by atoms with van der Waals surface area (Å²) in [6, 6.07) is -0.639. The number of carbonyl (C=O) groups is 2. The molecule has 0 fully saturated rings. The first-order valence-electron chi connectivity index (χ1n) is 25.9. The molecule has 0 aliphatic heterocycles. The van der Waals surface area contributed by atoms with Gasteiger partial charge in [0.25, 0.3) is 0 Å². The Morgan fingerprint density at radius 3 is 1.28 bits per heavy atom. The Kier molecular flexibility index (Phi) is 47.7. The number of esters is 1. The van der Waals surface area contributed by atoms with E-state index in [1.165, 1.54) is 148 Å². The van der Waals surface area contributed by atoms with Crippen molar-refractivity contribution in [2.45, 2.75) is 270 Å². The highest BCUT2D eigenvalue weighted by Gasteiger charge is 2.18. The van der Waals surface area contributed by atoms with Gasteiger partial charge in [-0.3, -0.25) is 9.59 Å². The van der Waals surface area contributed by atoms with Crippen LogP contribution in [-0.4, -0.2) is 47.4 Å². The second kappa shape index (κ2) is 49.5. The molecule has 0 spiro atoms. The van der Waals surface area contributed by atoms with Crippen molar-refractivity contribution in [3.05, 3.63) is 48.6 Å². The summed E-state index contributed by atoms with van der Waals surface area (Å²) in [5, 5.41) is 22.9. The lowest BCUT2D eigenvalue weighted by Gasteiger charge is -2.20. The minimum atomic E-state index is -0.854. The SMILES string of the molecule is CCCCCCCC/C=C\CCCCCCCC(=O)OCCCCC/C=C\C/C=C\CCCCCCCCCC(=O)NC(CO)C(O)/C=C/CCCCCCCCCCC. The molecule has 0 radical (unpaired) electrons. The quantitative estimate of drug-likeness (QED) is 0.0322. The summed E-state index contributed by atoms with van der Waals surface area (Å²) >= 11 is 0. The number of carbonyl (C=O) groups excluding carboxylic acids is 2. The summed E-state index contributed by atoms with van der Waals surface area (Å²) in [5.74, 6) is -0.113. The van der Waals surface area contributed by atoms with Gasteiger partial charge in [-0.25, -0.2) is 0 Å². The molecule has 0 aromatic heterocycles. The summed E-state index contributed by atoms with van der Waals surface area (Å²) in [5.41, 5.74) is 0. The molecule has 3 N–H and O–H groups in total. The fourth-order valence-corrected chi connectivity index (χ4v) is 7.54. The number of unbranched alkanes of at least 4 members (excludes halogenated alkanes) is 30. The zero-order valence-corrected chi connectivity index (χ0v) is 39.7. The number of amides is 1. The molecular formula is C54H99NO5. The highest BCUT2D eigenvalue weighted by Crippen LogP contribution is 2.14. The van der Waals surface area contributed by atoms with Crippen molar-refractivity contribution in [3.8, 4) is 0 Å². The fraction of sp³-hybridized carbons (Fsp3) is 0.815. The molecule has 0 aliphatic rings. The van der Waals surface area contributed by atoms with E-state index in [9.17, 15) is 19.8 Å². The Morgan fingerprint density at radius 1 is 0.467 bits per heavy atom. The predicted octanol–water partition coefficient (Wildman–Crippen LogP) is 15.5. The molecule has 0 aliphatic carbocycles. The molecule has 0 rings (SSSR count). The van der Waals surface area contributed by atoms with Gasteiger partial charge in [0, 0.05) is 12.8 Å². The lowest BCUT2D eigenvalue weighted by Crippen LogP contribution is -2.45. The minimum absolute atomic E-state index is 0.0254. The number of nitrogens with one attached hydrogen (secondary N) is 1. The standard InChI is InChI=1S/C54H99NO5/c1-3-5-7-9-11-13-15-16-20-24-28-32-36-40-44-48-54(59)60-49-45-41-37-33-29-25-22-19-17-18-21-23-27-31-35-39-43-47-53(58)55-51(50-56)52(57)46-42-38-34-30-26-14-12-10-8-6-4-2/h16-17,19-20,25,29,42,46,51-52,56-57H,3-15,18,21-24,26-28,30-41,43-45,47-50H2,1-2H3,(H,55,58)/b19-17-,20-16-,29-25-,46-42+. The molecule has 0 saturated carbocycles. The molecule has 2 atom stereocenters. The van der Waals surface area contributed by atoms with Crippen molar-refractivity contribution in [1.82, 2.24) is 5.32 Å². The van der Waals surface area contributed by atoms with Gasteiger partial charge in [0.2, 0.25) is 5.91 Å². The first-order chi connectivity index (χ1) is 29.5. The van der Waals surface area contributed by atoms with Gasteiger partial charge in [-0.15, -0.1) is 0 Å². The lowest BCUT2D eigenvalue weighted by atomic mass is 10.1. The van der Waals surface area contributed by atoms with E-state index in [1.54, 1.807) is 6.08 Å². The second-order valence-electron chi connectivity index (χ2n) is 17.5. The van der Waals surface area contributed by atoms with Crippen molar-refractivity contribution in [2.24, 2.45) is 0 Å². The Hall–Kier alpha value is -2.18. The van der Waals surface area contributed by atoms with Crippen LogP contribution in [0.15, 0.2) is 48.6 Å². The van der Waals surface area contributed by atoms with E-state index in [2.05, 4.69) is 55.6 Å². The topological polar surface area (TPSA) is 95.9 Å². The Labute approximate surface area is 372 Å². The molecule has 6 heteroatoms. The highest BCUT2D eigenvalue weighted by molar-refractivity contribution is 5.76. The minimum Gasteiger partial charge on any atom is -0.466 e. The van der Waals surface area contributed by atoms with Crippen molar-refractivity contribution >= 4 is 11.9 Å². The first-order valence-corrected chi connectivity index (χ1v) is 25.9. The maximum Gasteiger partial charge on any atom is 0.305 e. The van der Waals surface area contributed by atoms with Crippen molar-refractivity contribution in [3.63, 3.8) is 0 Å². The molecule has 0 aromatic carbocycles. The molecule has 0 aromatic rings. The van der Waals surface area contributed by atoms with Gasteiger partial charge in [-0.2, -0.15) is 0 Å². The molecule has 0 bridgehead atoms. The van der Waals surface area contributed by atoms with E-state index in [1.807, 2.05) is 6.08 Å². The van der Waals surface area contributed by atoms with Crippen LogP contribution >= 0.6 is 0 Å². The molecule has 6 nitrogen and oxygen atoms in total.